The lowest BCUT2D eigenvalue weighted by Crippen LogP contribution is -2.42. The molecule has 2 fully saturated rings. The van der Waals surface area contributed by atoms with Crippen LogP contribution in [0.3, 0.4) is 0 Å². The molecule has 0 aliphatic carbocycles. The van der Waals surface area contributed by atoms with Gasteiger partial charge in [0.2, 0.25) is 0 Å². The Labute approximate surface area is 115 Å². The molecule has 0 saturated carbocycles. The molecule has 0 aromatic heterocycles. The van der Waals surface area contributed by atoms with Crippen LogP contribution >= 0.6 is 11.8 Å². The number of hydrogen-bond acceptors (Lipinski definition) is 4. The average Bonchev–Trinajstić information content (AvgIpc) is 2.40. The Kier molecular flexibility index (Phi) is 5.79. The highest BCUT2D eigenvalue weighted by Crippen LogP contribution is 2.18. The number of hydrogen-bond donors (Lipinski definition) is 1. The zero-order valence-electron chi connectivity index (χ0n) is 11.5. The molecule has 18 heavy (non-hydrogen) atoms. The number of thioether (sulfide) groups is 1. The Bertz CT molecular complexity index is 277. The average molecular weight is 271 g/mol. The molecule has 2 aliphatic rings. The lowest BCUT2D eigenvalue weighted by atomic mass is 10.0. The monoisotopic (exact) mass is 271 g/mol. The molecule has 2 aliphatic heterocycles. The van der Waals surface area contributed by atoms with Crippen molar-refractivity contribution >= 4 is 16.9 Å². The van der Waals surface area contributed by atoms with Crippen molar-refractivity contribution in [3.63, 3.8) is 0 Å². The van der Waals surface area contributed by atoms with Crippen molar-refractivity contribution in [1.82, 2.24) is 10.2 Å². The van der Waals surface area contributed by atoms with E-state index < -0.39 is 0 Å². The summed E-state index contributed by atoms with van der Waals surface area (Å²) in [5.41, 5.74) is 0. The minimum atomic E-state index is 0.605. The second kappa shape index (κ2) is 7.36. The van der Waals surface area contributed by atoms with Crippen LogP contribution in [-0.2, 0) is 4.74 Å². The standard InChI is InChI=1S/C13H25N3OS/c1-11(2)12-3-10-18-13(15-12)14-4-5-16-6-8-17-9-7-16/h11-12H,3-10H2,1-2H3,(H,14,15). The third kappa shape index (κ3) is 4.44. The van der Waals surface area contributed by atoms with Gasteiger partial charge >= 0.3 is 0 Å². The quantitative estimate of drug-likeness (QED) is 0.839. The predicted octanol–water partition coefficient (Wildman–Crippen LogP) is 1.43. The summed E-state index contributed by atoms with van der Waals surface area (Å²) in [4.78, 5) is 7.13. The number of nitrogens with one attached hydrogen (secondary N) is 1. The van der Waals surface area contributed by atoms with Crippen LogP contribution in [0.2, 0.25) is 0 Å². The van der Waals surface area contributed by atoms with E-state index in [0.29, 0.717) is 12.0 Å². The lowest BCUT2D eigenvalue weighted by Gasteiger charge is -2.29. The van der Waals surface area contributed by atoms with Crippen LogP contribution < -0.4 is 5.32 Å². The Morgan fingerprint density at radius 1 is 1.44 bits per heavy atom. The normalized spacial score (nSPS) is 28.6. The van der Waals surface area contributed by atoms with Crippen molar-refractivity contribution in [3.05, 3.63) is 0 Å². The van der Waals surface area contributed by atoms with Crippen LogP contribution in [0.1, 0.15) is 20.3 Å². The van der Waals surface area contributed by atoms with Gasteiger partial charge in [-0.3, -0.25) is 9.89 Å². The van der Waals surface area contributed by atoms with Crippen LogP contribution in [0, 0.1) is 5.92 Å². The molecular formula is C13H25N3OS. The van der Waals surface area contributed by atoms with Crippen molar-refractivity contribution in [2.24, 2.45) is 10.9 Å². The molecule has 0 radical (unpaired) electrons. The van der Waals surface area contributed by atoms with Gasteiger partial charge in [-0.15, -0.1) is 0 Å². The molecular weight excluding hydrogens is 246 g/mol. The number of nitrogens with zero attached hydrogens (tertiary/aromatic N) is 2. The molecule has 2 rings (SSSR count). The number of morpholine rings is 1. The number of ether oxygens (including phenoxy) is 1. The molecule has 0 aromatic carbocycles. The molecule has 1 unspecified atom stereocenters. The summed E-state index contributed by atoms with van der Waals surface area (Å²) in [6, 6.07) is 0.605. The smallest absolute Gasteiger partial charge is 0.156 e. The summed E-state index contributed by atoms with van der Waals surface area (Å²) in [7, 11) is 0. The lowest BCUT2D eigenvalue weighted by molar-refractivity contribution is 0.0394. The highest BCUT2D eigenvalue weighted by Gasteiger charge is 2.20. The Morgan fingerprint density at radius 3 is 2.94 bits per heavy atom. The molecule has 4 nitrogen and oxygen atoms in total. The van der Waals surface area contributed by atoms with Gasteiger partial charge in [0.25, 0.3) is 0 Å². The van der Waals surface area contributed by atoms with Gasteiger partial charge in [0, 0.05) is 31.4 Å². The first-order valence-electron chi connectivity index (χ1n) is 6.99. The predicted molar refractivity (Wildman–Crippen MR) is 78.4 cm³/mol. The van der Waals surface area contributed by atoms with Gasteiger partial charge in [-0.25, -0.2) is 0 Å². The summed E-state index contributed by atoms with van der Waals surface area (Å²) < 4.78 is 5.34. The van der Waals surface area contributed by atoms with Gasteiger partial charge < -0.3 is 10.1 Å². The first-order valence-corrected chi connectivity index (χ1v) is 7.98. The highest BCUT2D eigenvalue weighted by atomic mass is 32.2. The Morgan fingerprint density at radius 2 is 2.22 bits per heavy atom. The molecule has 0 bridgehead atoms. The van der Waals surface area contributed by atoms with E-state index in [1.807, 2.05) is 11.8 Å². The maximum Gasteiger partial charge on any atom is 0.156 e. The molecule has 5 heteroatoms. The van der Waals surface area contributed by atoms with Crippen molar-refractivity contribution in [2.45, 2.75) is 26.3 Å². The van der Waals surface area contributed by atoms with Gasteiger partial charge in [0.15, 0.2) is 5.17 Å². The molecule has 0 aromatic rings. The fourth-order valence-corrected chi connectivity index (χ4v) is 3.25. The zero-order chi connectivity index (χ0) is 12.8. The molecule has 1 N–H and O–H groups in total. The van der Waals surface area contributed by atoms with E-state index in [4.69, 9.17) is 9.73 Å². The second-order valence-corrected chi connectivity index (χ2v) is 6.36. The van der Waals surface area contributed by atoms with E-state index in [1.54, 1.807) is 0 Å². The molecule has 104 valence electrons. The van der Waals surface area contributed by atoms with Crippen molar-refractivity contribution in [3.8, 4) is 0 Å². The minimum Gasteiger partial charge on any atom is -0.379 e. The summed E-state index contributed by atoms with van der Waals surface area (Å²) in [5, 5.41) is 4.71. The number of rotatable bonds is 4. The van der Waals surface area contributed by atoms with E-state index in [0.717, 1.165) is 44.6 Å². The van der Waals surface area contributed by atoms with E-state index in [9.17, 15) is 0 Å². The van der Waals surface area contributed by atoms with Crippen LogP contribution in [0.25, 0.3) is 0 Å². The molecule has 2 saturated heterocycles. The topological polar surface area (TPSA) is 36.9 Å². The van der Waals surface area contributed by atoms with Crippen molar-refractivity contribution in [1.29, 1.82) is 0 Å². The van der Waals surface area contributed by atoms with Gasteiger partial charge in [0.1, 0.15) is 0 Å². The van der Waals surface area contributed by atoms with Crippen molar-refractivity contribution < 1.29 is 4.74 Å². The van der Waals surface area contributed by atoms with Crippen LogP contribution in [-0.4, -0.2) is 61.3 Å². The molecule has 0 spiro atoms. The maximum atomic E-state index is 5.34. The van der Waals surface area contributed by atoms with Crippen LogP contribution in [0.5, 0.6) is 0 Å². The van der Waals surface area contributed by atoms with Crippen LogP contribution in [0.15, 0.2) is 4.99 Å². The molecule has 2 heterocycles. The fourth-order valence-electron chi connectivity index (χ4n) is 2.26. The maximum absolute atomic E-state index is 5.34. The van der Waals surface area contributed by atoms with Gasteiger partial charge in [-0.05, 0) is 12.3 Å². The summed E-state index contributed by atoms with van der Waals surface area (Å²) in [6.45, 7) is 10.4. The van der Waals surface area contributed by atoms with Crippen molar-refractivity contribution in [2.75, 3.05) is 45.1 Å². The van der Waals surface area contributed by atoms with Gasteiger partial charge in [0.05, 0.1) is 19.8 Å². The highest BCUT2D eigenvalue weighted by molar-refractivity contribution is 8.13. The van der Waals surface area contributed by atoms with E-state index >= 15 is 0 Å². The molecule has 0 amide bonds. The number of aliphatic imine (C=N–C) groups is 1. The SMILES string of the molecule is CC(C)C1CCSC(=NCCN2CCOCC2)N1. The fraction of sp³-hybridized carbons (Fsp3) is 0.923. The van der Waals surface area contributed by atoms with E-state index in [-0.39, 0.29) is 0 Å². The van der Waals surface area contributed by atoms with Gasteiger partial charge in [-0.2, -0.15) is 0 Å². The number of amidine groups is 1. The van der Waals surface area contributed by atoms with E-state index in [2.05, 4.69) is 24.1 Å². The Hall–Kier alpha value is -0.260. The largest absolute Gasteiger partial charge is 0.379 e. The summed E-state index contributed by atoms with van der Waals surface area (Å²) >= 11 is 1.87. The van der Waals surface area contributed by atoms with Crippen LogP contribution in [0.4, 0.5) is 0 Å². The zero-order valence-corrected chi connectivity index (χ0v) is 12.3. The summed E-state index contributed by atoms with van der Waals surface area (Å²) in [5.74, 6) is 1.89. The van der Waals surface area contributed by atoms with Gasteiger partial charge in [-0.1, -0.05) is 25.6 Å². The summed E-state index contributed by atoms with van der Waals surface area (Å²) in [6.07, 6.45) is 1.25. The first-order chi connectivity index (χ1) is 8.75. The first kappa shape index (κ1) is 14.2. The Balaban J connectivity index is 1.71. The molecule has 1 atom stereocenters. The second-order valence-electron chi connectivity index (χ2n) is 5.27. The third-order valence-electron chi connectivity index (χ3n) is 3.56. The minimum absolute atomic E-state index is 0.605. The van der Waals surface area contributed by atoms with E-state index in [1.165, 1.54) is 12.2 Å². The third-order valence-corrected chi connectivity index (χ3v) is 4.52.